The number of thiophene rings is 1. The van der Waals surface area contributed by atoms with Gasteiger partial charge in [-0.25, -0.2) is 4.79 Å². The number of benzene rings is 3. The summed E-state index contributed by atoms with van der Waals surface area (Å²) in [5.74, 6) is -0.167. The summed E-state index contributed by atoms with van der Waals surface area (Å²) >= 11 is 6.63. The molecule has 0 saturated carbocycles. The lowest BCUT2D eigenvalue weighted by Gasteiger charge is -2.38. The summed E-state index contributed by atoms with van der Waals surface area (Å²) in [5, 5.41) is 2.80. The van der Waals surface area contributed by atoms with Crippen LogP contribution >= 0.6 is 39.2 Å². The number of nitrogens with zero attached hydrogens (tertiary/aromatic N) is 3. The van der Waals surface area contributed by atoms with Crippen LogP contribution in [0, 0.1) is 0 Å². The van der Waals surface area contributed by atoms with E-state index in [-0.39, 0.29) is 11.7 Å². The van der Waals surface area contributed by atoms with Crippen LogP contribution in [0.15, 0.2) is 104 Å². The molecule has 1 fully saturated rings. The Hall–Kier alpha value is -3.73. The van der Waals surface area contributed by atoms with Crippen molar-refractivity contribution in [3.63, 3.8) is 0 Å². The Labute approximate surface area is 273 Å². The van der Waals surface area contributed by atoms with Gasteiger partial charge in [-0.1, -0.05) is 42.5 Å². The van der Waals surface area contributed by atoms with Crippen molar-refractivity contribution in [2.45, 2.75) is 18.2 Å². The summed E-state index contributed by atoms with van der Waals surface area (Å²) in [7, 11) is 0. The molecule has 1 amide bonds. The number of amides is 1. The SMILES string of the molecule is CCOC(=O)c1cc2ccc(SN(CCc3ccccc3)c3ccccc3N3CCN(C(=O)c4sccc4Br)CC3)cc2o1. The Morgan fingerprint density at radius 1 is 0.977 bits per heavy atom. The molecule has 1 saturated heterocycles. The number of hydrogen-bond acceptors (Lipinski definition) is 8. The molecule has 0 aliphatic carbocycles. The summed E-state index contributed by atoms with van der Waals surface area (Å²) < 4.78 is 14.2. The maximum absolute atomic E-state index is 13.1. The number of piperazine rings is 1. The lowest BCUT2D eigenvalue weighted by atomic mass is 10.1. The average Bonchev–Trinajstić information content (AvgIpc) is 3.69. The fourth-order valence-electron chi connectivity index (χ4n) is 5.27. The highest BCUT2D eigenvalue weighted by atomic mass is 79.9. The molecule has 7 nitrogen and oxygen atoms in total. The highest BCUT2D eigenvalue weighted by molar-refractivity contribution is 9.10. The largest absolute Gasteiger partial charge is 0.460 e. The van der Waals surface area contributed by atoms with E-state index >= 15 is 0 Å². The minimum Gasteiger partial charge on any atom is -0.460 e. The quantitative estimate of drug-likeness (QED) is 0.108. The molecule has 6 rings (SSSR count). The van der Waals surface area contributed by atoms with Crippen molar-refractivity contribution >= 4 is 73.4 Å². The third-order valence-electron chi connectivity index (χ3n) is 7.50. The van der Waals surface area contributed by atoms with Crippen LogP contribution in [-0.2, 0) is 11.2 Å². The first-order valence-electron chi connectivity index (χ1n) is 14.6. The zero-order valence-electron chi connectivity index (χ0n) is 24.3. The number of carbonyl (C=O) groups excluding carboxylic acids is 2. The first kappa shape index (κ1) is 30.3. The number of hydrogen-bond donors (Lipinski definition) is 0. The van der Waals surface area contributed by atoms with Crippen molar-refractivity contribution in [1.82, 2.24) is 4.90 Å². The standard InChI is InChI=1S/C34H32BrN3O4S2/c1-2-41-34(40)31-22-25-12-13-26(23-30(25)42-31)44-38(16-14-24-8-4-3-5-9-24)29-11-7-6-10-28(29)36-17-19-37(20-18-36)33(39)32-27(35)15-21-43-32/h3-13,15,21-23H,2,14,16-20H2,1H3. The third-order valence-corrected chi connectivity index (χ3v) is 10.4. The molecule has 0 bridgehead atoms. The van der Waals surface area contributed by atoms with Crippen LogP contribution < -0.4 is 9.21 Å². The molecule has 44 heavy (non-hydrogen) atoms. The summed E-state index contributed by atoms with van der Waals surface area (Å²) in [6.07, 6.45) is 0.871. The average molecular weight is 691 g/mol. The summed E-state index contributed by atoms with van der Waals surface area (Å²) in [4.78, 5) is 31.5. The van der Waals surface area contributed by atoms with Gasteiger partial charge in [0.1, 0.15) is 10.5 Å². The molecule has 10 heteroatoms. The Kier molecular flexibility index (Phi) is 9.59. The van der Waals surface area contributed by atoms with Gasteiger partial charge in [-0.3, -0.25) is 4.79 Å². The van der Waals surface area contributed by atoms with Crippen LogP contribution in [0.1, 0.15) is 32.7 Å². The molecule has 0 unspecified atom stereocenters. The number of halogens is 1. The van der Waals surface area contributed by atoms with Crippen LogP contribution in [0.2, 0.25) is 0 Å². The summed E-state index contributed by atoms with van der Waals surface area (Å²) in [6, 6.07) is 28.6. The van der Waals surface area contributed by atoms with Crippen LogP contribution in [0.25, 0.3) is 11.0 Å². The number of ether oxygens (including phenoxy) is 1. The highest BCUT2D eigenvalue weighted by Crippen LogP contribution is 2.38. The van der Waals surface area contributed by atoms with E-state index in [1.165, 1.54) is 16.9 Å². The van der Waals surface area contributed by atoms with Crippen LogP contribution in [0.4, 0.5) is 11.4 Å². The van der Waals surface area contributed by atoms with Crippen molar-refractivity contribution in [3.8, 4) is 0 Å². The first-order chi connectivity index (χ1) is 21.5. The second-order valence-corrected chi connectivity index (χ2v) is 13.2. The molecular weight excluding hydrogens is 658 g/mol. The number of fused-ring (bicyclic) bond motifs is 1. The third kappa shape index (κ3) is 6.82. The fourth-order valence-corrected chi connectivity index (χ4v) is 7.76. The highest BCUT2D eigenvalue weighted by Gasteiger charge is 2.26. The molecule has 0 spiro atoms. The topological polar surface area (TPSA) is 66.2 Å². The van der Waals surface area contributed by atoms with Crippen molar-refractivity contribution in [2.24, 2.45) is 0 Å². The smallest absolute Gasteiger partial charge is 0.374 e. The van der Waals surface area contributed by atoms with Crippen LogP contribution in [0.3, 0.4) is 0 Å². The molecule has 0 atom stereocenters. The van der Waals surface area contributed by atoms with Crippen molar-refractivity contribution < 1.29 is 18.7 Å². The molecule has 0 N–H and O–H groups in total. The van der Waals surface area contributed by atoms with Gasteiger partial charge in [0, 0.05) is 47.5 Å². The van der Waals surface area contributed by atoms with E-state index in [2.05, 4.69) is 79.7 Å². The predicted molar refractivity (Wildman–Crippen MR) is 182 cm³/mol. The Morgan fingerprint density at radius 3 is 2.50 bits per heavy atom. The van der Waals surface area contributed by atoms with E-state index in [0.717, 1.165) is 57.1 Å². The van der Waals surface area contributed by atoms with E-state index < -0.39 is 5.97 Å². The zero-order valence-corrected chi connectivity index (χ0v) is 27.5. The molecule has 0 radical (unpaired) electrons. The second kappa shape index (κ2) is 13.9. The van der Waals surface area contributed by atoms with Gasteiger partial charge in [-0.05, 0) is 94.6 Å². The molecular formula is C34H32BrN3O4S2. The molecule has 3 aromatic carbocycles. The minimum absolute atomic E-state index is 0.0827. The molecule has 226 valence electrons. The molecule has 3 heterocycles. The van der Waals surface area contributed by atoms with Gasteiger partial charge in [0.15, 0.2) is 0 Å². The van der Waals surface area contributed by atoms with Crippen LogP contribution in [0.5, 0.6) is 0 Å². The first-order valence-corrected chi connectivity index (χ1v) is 17.0. The number of para-hydroxylation sites is 2. The van der Waals surface area contributed by atoms with Gasteiger partial charge in [-0.15, -0.1) is 11.3 Å². The predicted octanol–water partition coefficient (Wildman–Crippen LogP) is 8.15. The van der Waals surface area contributed by atoms with Crippen LogP contribution in [-0.4, -0.2) is 56.1 Å². The number of furan rings is 1. The second-order valence-electron chi connectivity index (χ2n) is 10.3. The van der Waals surface area contributed by atoms with Gasteiger partial charge in [0.2, 0.25) is 5.76 Å². The Balaban J connectivity index is 1.24. The molecule has 5 aromatic rings. The van der Waals surface area contributed by atoms with E-state index in [0.29, 0.717) is 25.3 Å². The number of carbonyl (C=O) groups is 2. The monoisotopic (exact) mass is 689 g/mol. The Bertz CT molecular complexity index is 1750. The van der Waals surface area contributed by atoms with Gasteiger partial charge in [0.05, 0.1) is 18.0 Å². The van der Waals surface area contributed by atoms with Gasteiger partial charge < -0.3 is 23.3 Å². The van der Waals surface area contributed by atoms with Crippen molar-refractivity contribution in [1.29, 1.82) is 0 Å². The van der Waals surface area contributed by atoms with Crippen molar-refractivity contribution in [3.05, 3.63) is 111 Å². The zero-order chi connectivity index (χ0) is 30.5. The maximum atomic E-state index is 13.1. The van der Waals surface area contributed by atoms with Crippen molar-refractivity contribution in [2.75, 3.05) is 48.5 Å². The summed E-state index contributed by atoms with van der Waals surface area (Å²) in [5.41, 5.74) is 4.16. The minimum atomic E-state index is -0.457. The fraction of sp³-hybridized carbons (Fsp3) is 0.235. The summed E-state index contributed by atoms with van der Waals surface area (Å²) in [6.45, 7) is 5.67. The molecule has 1 aliphatic heterocycles. The normalized spacial score (nSPS) is 13.3. The van der Waals surface area contributed by atoms with E-state index in [4.69, 9.17) is 9.15 Å². The number of rotatable bonds is 10. The van der Waals surface area contributed by atoms with E-state index in [1.54, 1.807) is 24.9 Å². The lowest BCUT2D eigenvalue weighted by Crippen LogP contribution is -2.49. The molecule has 1 aliphatic rings. The lowest BCUT2D eigenvalue weighted by molar-refractivity contribution is 0.0492. The van der Waals surface area contributed by atoms with E-state index in [9.17, 15) is 9.59 Å². The van der Waals surface area contributed by atoms with Gasteiger partial charge in [0.25, 0.3) is 5.91 Å². The van der Waals surface area contributed by atoms with E-state index in [1.807, 2.05) is 34.5 Å². The Morgan fingerprint density at radius 2 is 1.75 bits per heavy atom. The number of anilines is 2. The molecule has 2 aromatic heterocycles. The van der Waals surface area contributed by atoms with Gasteiger partial charge >= 0.3 is 5.97 Å². The maximum Gasteiger partial charge on any atom is 0.374 e. The van der Waals surface area contributed by atoms with Gasteiger partial charge in [-0.2, -0.15) is 0 Å². The number of esters is 1.